The molecule has 2 heteroatoms. The lowest BCUT2D eigenvalue weighted by molar-refractivity contribution is 0.179. The Labute approximate surface area is 87.4 Å². The van der Waals surface area contributed by atoms with Crippen LogP contribution >= 0.6 is 0 Å². The first kappa shape index (κ1) is 10.2. The van der Waals surface area contributed by atoms with Gasteiger partial charge in [-0.15, -0.1) is 0 Å². The molecule has 0 aliphatic carbocycles. The van der Waals surface area contributed by atoms with Crippen molar-refractivity contribution in [2.75, 3.05) is 19.6 Å². The summed E-state index contributed by atoms with van der Waals surface area (Å²) in [7, 11) is 0. The Bertz CT molecular complexity index is 181. The molecule has 2 heterocycles. The molecule has 2 aliphatic rings. The van der Waals surface area contributed by atoms with Gasteiger partial charge in [0.2, 0.25) is 0 Å². The molecule has 80 valence electrons. The minimum Gasteiger partial charge on any atom is -0.302 e. The van der Waals surface area contributed by atoms with E-state index in [9.17, 15) is 0 Å². The predicted molar refractivity (Wildman–Crippen MR) is 60.2 cm³/mol. The quantitative estimate of drug-likeness (QED) is 0.643. The zero-order valence-electron chi connectivity index (χ0n) is 9.04. The number of nitrogens with zero attached hydrogens (tertiary/aromatic N) is 1. The van der Waals surface area contributed by atoms with Crippen molar-refractivity contribution >= 4 is 0 Å². The number of hydrogen-bond acceptors (Lipinski definition) is 2. The molecule has 0 aromatic rings. The maximum atomic E-state index is 3.67. The number of allylic oxidation sites excluding steroid dienone is 1. The molecule has 0 radical (unpaired) electrons. The summed E-state index contributed by atoms with van der Waals surface area (Å²) in [5.41, 5.74) is 0. The summed E-state index contributed by atoms with van der Waals surface area (Å²) in [6, 6.07) is 0. The summed E-state index contributed by atoms with van der Waals surface area (Å²) in [5.74, 6) is 0. The molecule has 1 unspecified atom stereocenters. The molecule has 0 bridgehead atoms. The first-order chi connectivity index (χ1) is 6.97. The van der Waals surface area contributed by atoms with Crippen LogP contribution in [0.25, 0.3) is 0 Å². The van der Waals surface area contributed by atoms with E-state index < -0.39 is 0 Å². The van der Waals surface area contributed by atoms with E-state index in [2.05, 4.69) is 22.4 Å². The van der Waals surface area contributed by atoms with Gasteiger partial charge in [0, 0.05) is 13.1 Å². The molecule has 1 N–H and O–H groups in total. The van der Waals surface area contributed by atoms with Crippen LogP contribution in [0, 0.1) is 0 Å². The lowest BCUT2D eigenvalue weighted by Crippen LogP contribution is -2.45. The van der Waals surface area contributed by atoms with Gasteiger partial charge in [0.1, 0.15) is 0 Å². The van der Waals surface area contributed by atoms with Crippen LogP contribution in [0.2, 0.25) is 0 Å². The highest BCUT2D eigenvalue weighted by Gasteiger charge is 2.18. The molecule has 0 saturated carbocycles. The van der Waals surface area contributed by atoms with E-state index in [4.69, 9.17) is 0 Å². The van der Waals surface area contributed by atoms with E-state index in [1.807, 2.05) is 0 Å². The van der Waals surface area contributed by atoms with Gasteiger partial charge >= 0.3 is 0 Å². The average molecular weight is 194 g/mol. The fraction of sp³-hybridized carbons (Fsp3) is 0.833. The summed E-state index contributed by atoms with van der Waals surface area (Å²) >= 11 is 0. The molecule has 1 saturated heterocycles. The Morgan fingerprint density at radius 2 is 2.07 bits per heavy atom. The second-order valence-electron chi connectivity index (χ2n) is 4.43. The molecule has 2 rings (SSSR count). The van der Waals surface area contributed by atoms with Crippen LogP contribution in [0.5, 0.6) is 0 Å². The second kappa shape index (κ2) is 5.52. The number of nitrogens with one attached hydrogen (secondary N) is 1. The van der Waals surface area contributed by atoms with Crippen LogP contribution in [0.3, 0.4) is 0 Å². The molecule has 2 aliphatic heterocycles. The maximum absolute atomic E-state index is 3.67. The van der Waals surface area contributed by atoms with Gasteiger partial charge in [-0.1, -0.05) is 25.0 Å². The zero-order valence-corrected chi connectivity index (χ0v) is 9.04. The summed E-state index contributed by atoms with van der Waals surface area (Å²) in [5, 5.41) is 3.67. The molecule has 0 amide bonds. The van der Waals surface area contributed by atoms with Gasteiger partial charge in [-0.2, -0.15) is 0 Å². The Kier molecular flexibility index (Phi) is 4.02. The van der Waals surface area contributed by atoms with Crippen LogP contribution in [0.4, 0.5) is 0 Å². The monoisotopic (exact) mass is 194 g/mol. The standard InChI is InChI=1S/C12H22N2/c1-2-7-11-14(10-6-1)12-8-4-3-5-9-13-12/h1,6,12-13H,2-5,7-11H2. The van der Waals surface area contributed by atoms with Crippen molar-refractivity contribution in [3.63, 3.8) is 0 Å². The van der Waals surface area contributed by atoms with Gasteiger partial charge in [0.15, 0.2) is 0 Å². The SMILES string of the molecule is C1=CCN(C2CCCCCN2)CCC1. The second-order valence-corrected chi connectivity index (χ2v) is 4.43. The predicted octanol–water partition coefficient (Wildman–Crippen LogP) is 2.13. The molecule has 0 spiro atoms. The number of rotatable bonds is 1. The van der Waals surface area contributed by atoms with E-state index in [0.29, 0.717) is 6.17 Å². The van der Waals surface area contributed by atoms with Gasteiger partial charge in [-0.25, -0.2) is 0 Å². The van der Waals surface area contributed by atoms with Crippen molar-refractivity contribution in [1.29, 1.82) is 0 Å². The van der Waals surface area contributed by atoms with E-state index in [0.717, 1.165) is 6.54 Å². The highest BCUT2D eigenvalue weighted by molar-refractivity contribution is 4.90. The van der Waals surface area contributed by atoms with Crippen LogP contribution < -0.4 is 5.32 Å². The van der Waals surface area contributed by atoms with E-state index in [1.165, 1.54) is 51.6 Å². The highest BCUT2D eigenvalue weighted by Crippen LogP contribution is 2.14. The summed E-state index contributed by atoms with van der Waals surface area (Å²) in [4.78, 5) is 2.61. The van der Waals surface area contributed by atoms with Crippen molar-refractivity contribution in [2.45, 2.75) is 44.7 Å². The van der Waals surface area contributed by atoms with Gasteiger partial charge in [0.25, 0.3) is 0 Å². The van der Waals surface area contributed by atoms with Gasteiger partial charge in [-0.3, -0.25) is 4.90 Å². The minimum absolute atomic E-state index is 0.653. The van der Waals surface area contributed by atoms with Crippen LogP contribution in [0.15, 0.2) is 12.2 Å². The van der Waals surface area contributed by atoms with E-state index >= 15 is 0 Å². The van der Waals surface area contributed by atoms with Crippen molar-refractivity contribution < 1.29 is 0 Å². The van der Waals surface area contributed by atoms with Crippen LogP contribution in [-0.2, 0) is 0 Å². The molecule has 0 aromatic carbocycles. The van der Waals surface area contributed by atoms with Crippen molar-refractivity contribution in [2.24, 2.45) is 0 Å². The summed E-state index contributed by atoms with van der Waals surface area (Å²) < 4.78 is 0. The molecule has 1 atom stereocenters. The average Bonchev–Trinajstić information content (AvgIpc) is 2.62. The number of hydrogen-bond donors (Lipinski definition) is 1. The smallest absolute Gasteiger partial charge is 0.0599 e. The Morgan fingerprint density at radius 3 is 3.07 bits per heavy atom. The fourth-order valence-corrected chi connectivity index (χ4v) is 2.44. The summed E-state index contributed by atoms with van der Waals surface area (Å²) in [6.45, 7) is 3.63. The molecule has 2 nitrogen and oxygen atoms in total. The highest BCUT2D eigenvalue weighted by atomic mass is 15.3. The molecule has 1 fully saturated rings. The Morgan fingerprint density at radius 1 is 1.07 bits per heavy atom. The zero-order chi connectivity index (χ0) is 9.64. The Hall–Kier alpha value is -0.340. The third-order valence-corrected chi connectivity index (χ3v) is 3.30. The summed E-state index contributed by atoms with van der Waals surface area (Å²) in [6.07, 6.45) is 13.4. The molecule has 0 aromatic heterocycles. The van der Waals surface area contributed by atoms with Gasteiger partial charge < -0.3 is 5.32 Å². The maximum Gasteiger partial charge on any atom is 0.0599 e. The topological polar surface area (TPSA) is 15.3 Å². The minimum atomic E-state index is 0.653. The lowest BCUT2D eigenvalue weighted by Gasteiger charge is -2.29. The van der Waals surface area contributed by atoms with Gasteiger partial charge in [0.05, 0.1) is 6.17 Å². The van der Waals surface area contributed by atoms with Crippen molar-refractivity contribution in [1.82, 2.24) is 10.2 Å². The van der Waals surface area contributed by atoms with Gasteiger partial charge in [-0.05, 0) is 32.2 Å². The van der Waals surface area contributed by atoms with Crippen molar-refractivity contribution in [3.8, 4) is 0 Å². The molecular weight excluding hydrogens is 172 g/mol. The first-order valence-electron chi connectivity index (χ1n) is 6.09. The Balaban J connectivity index is 1.87. The van der Waals surface area contributed by atoms with E-state index in [1.54, 1.807) is 0 Å². The third-order valence-electron chi connectivity index (χ3n) is 3.30. The van der Waals surface area contributed by atoms with Crippen LogP contribution in [-0.4, -0.2) is 30.7 Å². The van der Waals surface area contributed by atoms with Crippen LogP contribution in [0.1, 0.15) is 38.5 Å². The molecular formula is C12H22N2. The first-order valence-corrected chi connectivity index (χ1v) is 6.09. The molecule has 14 heavy (non-hydrogen) atoms. The third kappa shape index (κ3) is 2.82. The lowest BCUT2D eigenvalue weighted by atomic mass is 10.2. The van der Waals surface area contributed by atoms with Crippen molar-refractivity contribution in [3.05, 3.63) is 12.2 Å². The van der Waals surface area contributed by atoms with E-state index in [-0.39, 0.29) is 0 Å². The fourth-order valence-electron chi connectivity index (χ4n) is 2.44. The normalized spacial score (nSPS) is 31.0. The largest absolute Gasteiger partial charge is 0.302 e.